The third-order valence-corrected chi connectivity index (χ3v) is 5.72. The number of para-hydroxylation sites is 2. The molecule has 0 bridgehead atoms. The Morgan fingerprint density at radius 2 is 1.81 bits per heavy atom. The lowest BCUT2D eigenvalue weighted by molar-refractivity contribution is -0.123. The van der Waals surface area contributed by atoms with Gasteiger partial charge in [0.2, 0.25) is 5.91 Å². The Balaban J connectivity index is 1.51. The molecule has 0 radical (unpaired) electrons. The van der Waals surface area contributed by atoms with E-state index in [1.807, 2.05) is 18.2 Å². The van der Waals surface area contributed by atoms with Gasteiger partial charge in [-0.05, 0) is 25.0 Å². The highest BCUT2D eigenvalue weighted by atomic mass is 16.5. The van der Waals surface area contributed by atoms with Crippen molar-refractivity contribution in [1.29, 1.82) is 5.26 Å². The number of anilines is 1. The van der Waals surface area contributed by atoms with Crippen molar-refractivity contribution in [3.05, 3.63) is 24.3 Å². The molecule has 2 aliphatic rings. The summed E-state index contributed by atoms with van der Waals surface area (Å²) < 4.78 is 5.46. The highest BCUT2D eigenvalue weighted by molar-refractivity contribution is 5.79. The Hall–Kier alpha value is -2.26. The summed E-state index contributed by atoms with van der Waals surface area (Å²) in [5, 5.41) is 12.7. The maximum atomic E-state index is 12.6. The fourth-order valence-corrected chi connectivity index (χ4v) is 4.14. The van der Waals surface area contributed by atoms with Crippen molar-refractivity contribution in [2.24, 2.45) is 0 Å². The van der Waals surface area contributed by atoms with Crippen molar-refractivity contribution in [2.45, 2.75) is 44.1 Å². The normalized spacial score (nSPS) is 20.4. The predicted octanol–water partition coefficient (Wildman–Crippen LogP) is 2.55. The average molecular weight is 370 g/mol. The number of amides is 1. The topological polar surface area (TPSA) is 68.6 Å². The molecule has 1 N–H and O–H groups in total. The second-order valence-corrected chi connectivity index (χ2v) is 7.59. The highest BCUT2D eigenvalue weighted by Crippen LogP contribution is 2.29. The van der Waals surface area contributed by atoms with Gasteiger partial charge < -0.3 is 15.0 Å². The number of methoxy groups -OCH3 is 1. The molecule has 1 aromatic rings. The third-order valence-electron chi connectivity index (χ3n) is 5.72. The number of benzene rings is 1. The zero-order chi connectivity index (χ0) is 19.1. The first-order valence-corrected chi connectivity index (χ1v) is 9.98. The van der Waals surface area contributed by atoms with Crippen LogP contribution >= 0.6 is 0 Å². The van der Waals surface area contributed by atoms with Gasteiger partial charge in [0.05, 0.1) is 25.4 Å². The number of hydrogen-bond donors (Lipinski definition) is 1. The molecule has 3 rings (SSSR count). The van der Waals surface area contributed by atoms with Gasteiger partial charge in [0.25, 0.3) is 0 Å². The first-order chi connectivity index (χ1) is 13.2. The summed E-state index contributed by atoms with van der Waals surface area (Å²) in [5.74, 6) is 0.859. The summed E-state index contributed by atoms with van der Waals surface area (Å²) in [7, 11) is 1.69. The van der Waals surface area contributed by atoms with Gasteiger partial charge in [0.1, 0.15) is 11.3 Å². The molecule has 146 valence electrons. The molecule has 6 nitrogen and oxygen atoms in total. The minimum absolute atomic E-state index is 0.0239. The van der Waals surface area contributed by atoms with E-state index in [9.17, 15) is 10.1 Å². The van der Waals surface area contributed by atoms with E-state index in [1.165, 1.54) is 0 Å². The average Bonchev–Trinajstić information content (AvgIpc) is 2.94. The van der Waals surface area contributed by atoms with Crippen LogP contribution in [0.5, 0.6) is 5.75 Å². The second-order valence-electron chi connectivity index (χ2n) is 7.59. The molecule has 6 heteroatoms. The van der Waals surface area contributed by atoms with E-state index >= 15 is 0 Å². The zero-order valence-electron chi connectivity index (χ0n) is 16.2. The monoisotopic (exact) mass is 370 g/mol. The summed E-state index contributed by atoms with van der Waals surface area (Å²) in [6.07, 6.45) is 5.90. The largest absolute Gasteiger partial charge is 0.495 e. The number of nitrogens with one attached hydrogen (secondary N) is 1. The minimum atomic E-state index is -0.660. The van der Waals surface area contributed by atoms with Gasteiger partial charge in [-0.25, -0.2) is 0 Å². The van der Waals surface area contributed by atoms with Crippen LogP contribution in [0.15, 0.2) is 24.3 Å². The second kappa shape index (κ2) is 9.09. The molecule has 0 unspecified atom stereocenters. The van der Waals surface area contributed by atoms with Crippen molar-refractivity contribution in [1.82, 2.24) is 10.2 Å². The summed E-state index contributed by atoms with van der Waals surface area (Å²) in [6, 6.07) is 10.4. The van der Waals surface area contributed by atoms with Gasteiger partial charge in [-0.2, -0.15) is 5.26 Å². The van der Waals surface area contributed by atoms with Crippen LogP contribution in [-0.4, -0.2) is 56.2 Å². The number of piperazine rings is 1. The Morgan fingerprint density at radius 3 is 2.44 bits per heavy atom. The zero-order valence-corrected chi connectivity index (χ0v) is 16.2. The number of carbonyl (C=O) groups excluding carboxylic acids is 1. The van der Waals surface area contributed by atoms with E-state index in [1.54, 1.807) is 7.11 Å². The Morgan fingerprint density at radius 1 is 1.15 bits per heavy atom. The minimum Gasteiger partial charge on any atom is -0.495 e. The SMILES string of the molecule is COc1ccccc1N1CCN(CC(=O)NC2(C#N)CCCCCC2)CC1. The number of carbonyl (C=O) groups is 1. The quantitative estimate of drug-likeness (QED) is 0.807. The van der Waals surface area contributed by atoms with E-state index in [4.69, 9.17) is 4.74 Å². The number of rotatable bonds is 5. The van der Waals surface area contributed by atoms with Crippen molar-refractivity contribution in [3.63, 3.8) is 0 Å². The van der Waals surface area contributed by atoms with E-state index in [2.05, 4.69) is 27.3 Å². The maximum Gasteiger partial charge on any atom is 0.235 e. The summed E-state index contributed by atoms with van der Waals surface area (Å²) in [5.41, 5.74) is 0.443. The van der Waals surface area contributed by atoms with Crippen LogP contribution in [0.25, 0.3) is 0 Å². The van der Waals surface area contributed by atoms with Crippen molar-refractivity contribution < 1.29 is 9.53 Å². The van der Waals surface area contributed by atoms with E-state index in [0.29, 0.717) is 6.54 Å². The lowest BCUT2D eigenvalue weighted by Crippen LogP contribution is -2.53. The van der Waals surface area contributed by atoms with Crippen LogP contribution in [0.1, 0.15) is 38.5 Å². The molecule has 27 heavy (non-hydrogen) atoms. The molecular formula is C21H30N4O2. The van der Waals surface area contributed by atoms with E-state index < -0.39 is 5.54 Å². The van der Waals surface area contributed by atoms with Crippen LogP contribution < -0.4 is 15.0 Å². The Bertz CT molecular complexity index is 669. The first kappa shape index (κ1) is 19.5. The molecule has 2 fully saturated rings. The van der Waals surface area contributed by atoms with Crippen LogP contribution in [0.3, 0.4) is 0 Å². The molecule has 1 amide bonds. The van der Waals surface area contributed by atoms with Crippen LogP contribution in [-0.2, 0) is 4.79 Å². The van der Waals surface area contributed by atoms with E-state index in [0.717, 1.165) is 76.1 Å². The molecule has 1 aliphatic heterocycles. The molecule has 1 aromatic carbocycles. The smallest absolute Gasteiger partial charge is 0.235 e. The Labute approximate surface area is 162 Å². The van der Waals surface area contributed by atoms with Gasteiger partial charge >= 0.3 is 0 Å². The van der Waals surface area contributed by atoms with Gasteiger partial charge in [-0.15, -0.1) is 0 Å². The van der Waals surface area contributed by atoms with Crippen LogP contribution in [0.4, 0.5) is 5.69 Å². The highest BCUT2D eigenvalue weighted by Gasteiger charge is 2.33. The van der Waals surface area contributed by atoms with Gasteiger partial charge in [0.15, 0.2) is 0 Å². The molecular weight excluding hydrogens is 340 g/mol. The lowest BCUT2D eigenvalue weighted by atomic mass is 9.92. The lowest BCUT2D eigenvalue weighted by Gasteiger charge is -2.36. The summed E-state index contributed by atoms with van der Waals surface area (Å²) in [4.78, 5) is 17.0. The number of hydrogen-bond acceptors (Lipinski definition) is 5. The molecule has 0 atom stereocenters. The molecule has 1 heterocycles. The van der Waals surface area contributed by atoms with Crippen LogP contribution in [0, 0.1) is 11.3 Å². The van der Waals surface area contributed by atoms with Crippen molar-refractivity contribution in [3.8, 4) is 11.8 Å². The summed E-state index contributed by atoms with van der Waals surface area (Å²) in [6.45, 7) is 3.73. The predicted molar refractivity (Wildman–Crippen MR) is 106 cm³/mol. The molecule has 1 saturated carbocycles. The molecule has 0 aromatic heterocycles. The third kappa shape index (κ3) is 4.92. The fraction of sp³-hybridized carbons (Fsp3) is 0.619. The molecule has 1 aliphatic carbocycles. The maximum absolute atomic E-state index is 12.6. The standard InChI is InChI=1S/C21H30N4O2/c1-27-19-9-5-4-8-18(19)25-14-12-24(13-15-25)16-20(26)23-21(17-22)10-6-2-3-7-11-21/h4-5,8-9H,2-3,6-7,10-16H2,1H3,(H,23,26). The number of nitrogens with zero attached hydrogens (tertiary/aromatic N) is 3. The number of ether oxygens (including phenoxy) is 1. The van der Waals surface area contributed by atoms with Crippen LogP contribution in [0.2, 0.25) is 0 Å². The van der Waals surface area contributed by atoms with E-state index in [-0.39, 0.29) is 5.91 Å². The van der Waals surface area contributed by atoms with Crippen molar-refractivity contribution >= 4 is 11.6 Å². The number of nitriles is 1. The molecule has 0 spiro atoms. The first-order valence-electron chi connectivity index (χ1n) is 9.98. The fourth-order valence-electron chi connectivity index (χ4n) is 4.14. The summed E-state index contributed by atoms with van der Waals surface area (Å²) >= 11 is 0. The van der Waals surface area contributed by atoms with Crippen molar-refractivity contribution in [2.75, 3.05) is 44.7 Å². The van der Waals surface area contributed by atoms with Gasteiger partial charge in [0, 0.05) is 26.2 Å². The van der Waals surface area contributed by atoms with Gasteiger partial charge in [-0.3, -0.25) is 9.69 Å². The Kier molecular flexibility index (Phi) is 6.57. The molecule has 1 saturated heterocycles. The van der Waals surface area contributed by atoms with Gasteiger partial charge in [-0.1, -0.05) is 37.8 Å².